The van der Waals surface area contributed by atoms with Gasteiger partial charge in [-0.2, -0.15) is 0 Å². The number of nitrogens with zero attached hydrogens (tertiary/aromatic N) is 1. The summed E-state index contributed by atoms with van der Waals surface area (Å²) in [6.45, 7) is 5.14. The van der Waals surface area contributed by atoms with Crippen molar-refractivity contribution in [3.05, 3.63) is 28.8 Å². The zero-order valence-electron chi connectivity index (χ0n) is 11.3. The van der Waals surface area contributed by atoms with Crippen LogP contribution in [0.4, 0.5) is 4.79 Å². The van der Waals surface area contributed by atoms with Crippen LogP contribution in [0.25, 0.3) is 0 Å². The molecule has 19 heavy (non-hydrogen) atoms. The molecular formula is C14H19ClINO2. The van der Waals surface area contributed by atoms with Crippen LogP contribution in [-0.4, -0.2) is 28.5 Å². The number of hydrogen-bond acceptors (Lipinski definition) is 2. The minimum absolute atomic E-state index is 0.317. The smallest absolute Gasteiger partial charge is 0.410 e. The Morgan fingerprint density at radius 3 is 2.63 bits per heavy atom. The van der Waals surface area contributed by atoms with E-state index in [0.717, 1.165) is 22.8 Å². The average molecular weight is 396 g/mol. The molecule has 0 atom stereocenters. The first-order valence-corrected chi connectivity index (χ1v) is 8.34. The summed E-state index contributed by atoms with van der Waals surface area (Å²) < 4.78 is 6.52. The number of carbonyl (C=O) groups is 1. The summed E-state index contributed by atoms with van der Waals surface area (Å²) in [4.78, 5) is 13.6. The van der Waals surface area contributed by atoms with Crippen LogP contribution in [0.3, 0.4) is 0 Å². The van der Waals surface area contributed by atoms with Crippen molar-refractivity contribution in [3.8, 4) is 5.75 Å². The molecule has 0 bridgehead atoms. The van der Waals surface area contributed by atoms with Crippen LogP contribution in [0, 0.1) is 0 Å². The zero-order chi connectivity index (χ0) is 14.3. The summed E-state index contributed by atoms with van der Waals surface area (Å²) in [7, 11) is 0. The molecule has 0 heterocycles. The minimum atomic E-state index is -0.317. The summed E-state index contributed by atoms with van der Waals surface area (Å²) in [6, 6.07) is 5.44. The van der Waals surface area contributed by atoms with E-state index in [1.54, 1.807) is 17.0 Å². The van der Waals surface area contributed by atoms with E-state index in [-0.39, 0.29) is 6.09 Å². The van der Waals surface area contributed by atoms with Crippen molar-refractivity contribution in [1.82, 2.24) is 4.90 Å². The second-order valence-corrected chi connectivity index (χ2v) is 5.54. The molecule has 0 aliphatic carbocycles. The highest BCUT2D eigenvalue weighted by molar-refractivity contribution is 14.1. The molecular weight excluding hydrogens is 377 g/mol. The molecule has 0 spiro atoms. The van der Waals surface area contributed by atoms with Crippen molar-refractivity contribution >= 4 is 40.3 Å². The van der Waals surface area contributed by atoms with Gasteiger partial charge in [-0.25, -0.2) is 4.79 Å². The lowest BCUT2D eigenvalue weighted by Gasteiger charge is -2.19. The van der Waals surface area contributed by atoms with E-state index in [1.807, 2.05) is 19.9 Å². The van der Waals surface area contributed by atoms with Gasteiger partial charge in [-0.3, -0.25) is 0 Å². The molecule has 0 aliphatic heterocycles. The maximum absolute atomic E-state index is 12.0. The van der Waals surface area contributed by atoms with Gasteiger partial charge >= 0.3 is 6.09 Å². The number of benzene rings is 1. The van der Waals surface area contributed by atoms with Crippen LogP contribution in [0.15, 0.2) is 18.2 Å². The van der Waals surface area contributed by atoms with E-state index in [0.29, 0.717) is 23.9 Å². The van der Waals surface area contributed by atoms with Crippen molar-refractivity contribution in [2.24, 2.45) is 0 Å². The summed E-state index contributed by atoms with van der Waals surface area (Å²) in [5, 5.41) is 0.662. The summed E-state index contributed by atoms with van der Waals surface area (Å²) in [5.74, 6) is 0.578. The minimum Gasteiger partial charge on any atom is -0.410 e. The van der Waals surface area contributed by atoms with E-state index in [4.69, 9.17) is 16.3 Å². The number of ether oxygens (including phenoxy) is 1. The third kappa shape index (κ3) is 4.84. The van der Waals surface area contributed by atoms with E-state index in [9.17, 15) is 4.79 Å². The molecule has 0 unspecified atom stereocenters. The summed E-state index contributed by atoms with van der Waals surface area (Å²) in [5.41, 5.74) is 0.918. The molecule has 106 valence electrons. The van der Waals surface area contributed by atoms with Crippen LogP contribution < -0.4 is 4.74 Å². The Morgan fingerprint density at radius 1 is 1.37 bits per heavy atom. The van der Waals surface area contributed by atoms with Gasteiger partial charge in [0.15, 0.2) is 0 Å². The molecule has 5 heteroatoms. The number of halogens is 2. The SMILES string of the molecule is CCN(CC)C(=O)Oc1cccc(Cl)c1CCCI. The topological polar surface area (TPSA) is 29.5 Å². The Balaban J connectivity index is 2.87. The van der Waals surface area contributed by atoms with Crippen LogP contribution >= 0.6 is 34.2 Å². The number of rotatable bonds is 6. The van der Waals surface area contributed by atoms with Crippen LogP contribution in [-0.2, 0) is 6.42 Å². The Labute approximate surface area is 133 Å². The Hall–Kier alpha value is -0.490. The largest absolute Gasteiger partial charge is 0.415 e. The maximum atomic E-state index is 12.0. The number of amides is 1. The second-order valence-electron chi connectivity index (χ2n) is 4.05. The number of hydrogen-bond donors (Lipinski definition) is 0. The lowest BCUT2D eigenvalue weighted by molar-refractivity contribution is 0.157. The third-order valence-electron chi connectivity index (χ3n) is 2.86. The van der Waals surface area contributed by atoms with Crippen LogP contribution in [0.2, 0.25) is 5.02 Å². The molecule has 0 aromatic heterocycles. The zero-order valence-corrected chi connectivity index (χ0v) is 14.2. The fourth-order valence-electron chi connectivity index (χ4n) is 1.76. The molecule has 0 radical (unpaired) electrons. The molecule has 1 amide bonds. The highest BCUT2D eigenvalue weighted by Crippen LogP contribution is 2.28. The quantitative estimate of drug-likeness (QED) is 0.522. The fourth-order valence-corrected chi connectivity index (χ4v) is 2.40. The first kappa shape index (κ1) is 16.6. The average Bonchev–Trinajstić information content (AvgIpc) is 2.39. The van der Waals surface area contributed by atoms with Crippen LogP contribution in [0.1, 0.15) is 25.8 Å². The molecule has 1 aromatic carbocycles. The molecule has 0 saturated heterocycles. The molecule has 3 nitrogen and oxygen atoms in total. The second kappa shape index (κ2) is 8.64. The Bertz CT molecular complexity index is 422. The van der Waals surface area contributed by atoms with Gasteiger partial charge < -0.3 is 9.64 Å². The van der Waals surface area contributed by atoms with Crippen LogP contribution in [0.5, 0.6) is 5.75 Å². The fraction of sp³-hybridized carbons (Fsp3) is 0.500. The first-order valence-electron chi connectivity index (χ1n) is 6.44. The maximum Gasteiger partial charge on any atom is 0.415 e. The predicted octanol–water partition coefficient (Wildman–Crippen LogP) is 4.55. The van der Waals surface area contributed by atoms with E-state index in [1.165, 1.54) is 0 Å². The molecule has 1 aromatic rings. The molecule has 0 saturated carbocycles. The Kier molecular flexibility index (Phi) is 7.53. The van der Waals surface area contributed by atoms with E-state index in [2.05, 4.69) is 22.6 Å². The lowest BCUT2D eigenvalue weighted by Crippen LogP contribution is -2.33. The highest BCUT2D eigenvalue weighted by Gasteiger charge is 2.15. The summed E-state index contributed by atoms with van der Waals surface area (Å²) in [6.07, 6.45) is 1.52. The molecule has 0 fully saturated rings. The van der Waals surface area contributed by atoms with Gasteiger partial charge in [0, 0.05) is 23.7 Å². The normalized spacial score (nSPS) is 10.3. The van der Waals surface area contributed by atoms with Gasteiger partial charge in [0.2, 0.25) is 0 Å². The molecule has 0 aliphatic rings. The monoisotopic (exact) mass is 395 g/mol. The standard InChI is InChI=1S/C14H19ClINO2/c1-3-17(4-2)14(18)19-13-9-5-8-12(15)11(13)7-6-10-16/h5,8-9H,3-4,6-7,10H2,1-2H3. The highest BCUT2D eigenvalue weighted by atomic mass is 127. The number of carbonyl (C=O) groups excluding carboxylic acids is 1. The number of alkyl halides is 1. The van der Waals surface area contributed by atoms with E-state index < -0.39 is 0 Å². The van der Waals surface area contributed by atoms with Crippen molar-refractivity contribution in [1.29, 1.82) is 0 Å². The third-order valence-corrected chi connectivity index (χ3v) is 3.97. The molecule has 1 rings (SSSR count). The van der Waals surface area contributed by atoms with Crippen molar-refractivity contribution in [2.75, 3.05) is 17.5 Å². The van der Waals surface area contributed by atoms with Gasteiger partial charge in [-0.1, -0.05) is 40.3 Å². The summed E-state index contributed by atoms with van der Waals surface area (Å²) >= 11 is 8.52. The molecule has 0 N–H and O–H groups in total. The van der Waals surface area contributed by atoms with Gasteiger partial charge in [0.05, 0.1) is 0 Å². The van der Waals surface area contributed by atoms with Crippen molar-refractivity contribution in [3.63, 3.8) is 0 Å². The predicted molar refractivity (Wildman–Crippen MR) is 87.6 cm³/mol. The van der Waals surface area contributed by atoms with Crippen molar-refractivity contribution < 1.29 is 9.53 Å². The van der Waals surface area contributed by atoms with Gasteiger partial charge in [-0.15, -0.1) is 0 Å². The van der Waals surface area contributed by atoms with E-state index >= 15 is 0 Å². The lowest BCUT2D eigenvalue weighted by atomic mass is 10.1. The first-order chi connectivity index (χ1) is 9.13. The van der Waals surface area contributed by atoms with Gasteiger partial charge in [0.25, 0.3) is 0 Å². The van der Waals surface area contributed by atoms with Gasteiger partial charge in [-0.05, 0) is 43.2 Å². The van der Waals surface area contributed by atoms with Crippen molar-refractivity contribution in [2.45, 2.75) is 26.7 Å². The van der Waals surface area contributed by atoms with Gasteiger partial charge in [0.1, 0.15) is 5.75 Å². The Morgan fingerprint density at radius 2 is 2.05 bits per heavy atom.